The normalized spacial score (nSPS) is 16.7. The quantitative estimate of drug-likeness (QED) is 0.570. The predicted molar refractivity (Wildman–Crippen MR) is 109 cm³/mol. The Kier molecular flexibility index (Phi) is 5.05. The topological polar surface area (TPSA) is 109 Å². The SMILES string of the molecule is COc1ccc2c3c(oc2c1)C(C)(C)c1cc(OCC(O)[C@H](O)CO)ccc1C3=O. The molecule has 4 rings (SSSR count). The summed E-state index contributed by atoms with van der Waals surface area (Å²) in [5.41, 5.74) is 1.86. The van der Waals surface area contributed by atoms with Crippen LogP contribution in [0.3, 0.4) is 0 Å². The number of ketones is 1. The molecule has 0 fully saturated rings. The van der Waals surface area contributed by atoms with Crippen LogP contribution in [0.2, 0.25) is 0 Å². The molecule has 3 N–H and O–H groups in total. The van der Waals surface area contributed by atoms with Crippen LogP contribution in [0.15, 0.2) is 40.8 Å². The van der Waals surface area contributed by atoms with Crippen LogP contribution in [0.25, 0.3) is 11.0 Å². The van der Waals surface area contributed by atoms with E-state index in [0.717, 1.165) is 10.9 Å². The molecule has 1 aromatic heterocycles. The van der Waals surface area contributed by atoms with Gasteiger partial charge < -0.3 is 29.2 Å². The number of aliphatic hydroxyl groups is 3. The van der Waals surface area contributed by atoms with E-state index in [1.807, 2.05) is 19.9 Å². The minimum atomic E-state index is -1.28. The lowest BCUT2D eigenvalue weighted by molar-refractivity contribution is -0.0339. The Labute approximate surface area is 173 Å². The van der Waals surface area contributed by atoms with Crippen LogP contribution in [-0.2, 0) is 5.41 Å². The molecule has 7 heteroatoms. The largest absolute Gasteiger partial charge is 0.497 e. The number of ether oxygens (including phenoxy) is 2. The smallest absolute Gasteiger partial charge is 0.197 e. The summed E-state index contributed by atoms with van der Waals surface area (Å²) >= 11 is 0. The maximum Gasteiger partial charge on any atom is 0.197 e. The first-order valence-electron chi connectivity index (χ1n) is 9.68. The summed E-state index contributed by atoms with van der Waals surface area (Å²) in [7, 11) is 1.58. The number of carbonyl (C=O) groups excluding carboxylic acids is 1. The Bertz CT molecular complexity index is 1110. The molecule has 0 saturated carbocycles. The van der Waals surface area contributed by atoms with E-state index in [1.165, 1.54) is 0 Å². The van der Waals surface area contributed by atoms with E-state index in [-0.39, 0.29) is 12.4 Å². The van der Waals surface area contributed by atoms with Crippen LogP contribution < -0.4 is 9.47 Å². The van der Waals surface area contributed by atoms with Gasteiger partial charge in [-0.3, -0.25) is 4.79 Å². The Balaban J connectivity index is 1.74. The van der Waals surface area contributed by atoms with Crippen LogP contribution in [0.4, 0.5) is 0 Å². The molecule has 1 heterocycles. The average molecular weight is 412 g/mol. The van der Waals surface area contributed by atoms with Gasteiger partial charge in [0.15, 0.2) is 5.78 Å². The molecule has 7 nitrogen and oxygen atoms in total. The van der Waals surface area contributed by atoms with Crippen LogP contribution >= 0.6 is 0 Å². The van der Waals surface area contributed by atoms with Crippen molar-refractivity contribution in [3.05, 3.63) is 58.8 Å². The second-order valence-corrected chi connectivity index (χ2v) is 7.96. The number of furan rings is 1. The number of benzene rings is 2. The zero-order valence-electron chi connectivity index (χ0n) is 17.0. The monoisotopic (exact) mass is 412 g/mol. The van der Waals surface area contributed by atoms with Crippen molar-refractivity contribution in [2.24, 2.45) is 0 Å². The molecule has 0 aliphatic heterocycles. The summed E-state index contributed by atoms with van der Waals surface area (Å²) in [4.78, 5) is 13.3. The van der Waals surface area contributed by atoms with Crippen molar-refractivity contribution in [1.29, 1.82) is 0 Å². The van der Waals surface area contributed by atoms with Crippen molar-refractivity contribution in [1.82, 2.24) is 0 Å². The highest BCUT2D eigenvalue weighted by molar-refractivity contribution is 6.19. The van der Waals surface area contributed by atoms with E-state index in [4.69, 9.17) is 19.0 Å². The van der Waals surface area contributed by atoms with E-state index in [9.17, 15) is 15.0 Å². The number of rotatable bonds is 6. The van der Waals surface area contributed by atoms with Crippen LogP contribution in [-0.4, -0.2) is 53.6 Å². The molecule has 0 radical (unpaired) electrons. The van der Waals surface area contributed by atoms with Crippen LogP contribution in [0.5, 0.6) is 11.5 Å². The highest BCUT2D eigenvalue weighted by Crippen LogP contribution is 2.46. The summed E-state index contributed by atoms with van der Waals surface area (Å²) in [5, 5.41) is 29.0. The Morgan fingerprint density at radius 1 is 1.07 bits per heavy atom. The van der Waals surface area contributed by atoms with Crippen molar-refractivity contribution in [2.75, 3.05) is 20.3 Å². The minimum absolute atomic E-state index is 0.120. The van der Waals surface area contributed by atoms with E-state index in [0.29, 0.717) is 34.0 Å². The number of hydrogen-bond donors (Lipinski definition) is 3. The third-order valence-electron chi connectivity index (χ3n) is 5.65. The summed E-state index contributed by atoms with van der Waals surface area (Å²) in [6.07, 6.45) is -2.51. The minimum Gasteiger partial charge on any atom is -0.497 e. The second kappa shape index (κ2) is 7.43. The Morgan fingerprint density at radius 3 is 2.50 bits per heavy atom. The Morgan fingerprint density at radius 2 is 1.80 bits per heavy atom. The molecule has 1 unspecified atom stereocenters. The van der Waals surface area contributed by atoms with E-state index in [2.05, 4.69) is 0 Å². The number of methoxy groups -OCH3 is 1. The van der Waals surface area contributed by atoms with Crippen LogP contribution in [0.1, 0.15) is 41.1 Å². The molecular formula is C23H24O7. The van der Waals surface area contributed by atoms with E-state index >= 15 is 0 Å². The van der Waals surface area contributed by atoms with Gasteiger partial charge in [-0.25, -0.2) is 0 Å². The zero-order valence-corrected chi connectivity index (χ0v) is 17.0. The first-order valence-corrected chi connectivity index (χ1v) is 9.68. The molecule has 1 aliphatic carbocycles. The lowest BCUT2D eigenvalue weighted by Gasteiger charge is -2.31. The highest BCUT2D eigenvalue weighted by atomic mass is 16.5. The maximum absolute atomic E-state index is 13.3. The van der Waals surface area contributed by atoms with Gasteiger partial charge in [-0.2, -0.15) is 0 Å². The standard InChI is InChI=1S/C23H24O7/c1-23(2)16-8-13(29-11-18(26)17(25)10-24)5-6-14(16)21(27)20-15-7-4-12(28-3)9-19(15)30-22(20)23/h4-9,17-18,24-26H,10-11H2,1-3H3/t17-,18?/m1/s1. The fourth-order valence-corrected chi connectivity index (χ4v) is 3.87. The van der Waals surface area contributed by atoms with Gasteiger partial charge in [0, 0.05) is 22.4 Å². The van der Waals surface area contributed by atoms with Gasteiger partial charge in [0.2, 0.25) is 0 Å². The van der Waals surface area contributed by atoms with Gasteiger partial charge in [-0.05, 0) is 49.7 Å². The number of hydrogen-bond acceptors (Lipinski definition) is 7. The van der Waals surface area contributed by atoms with Gasteiger partial charge in [-0.1, -0.05) is 0 Å². The molecule has 1 aliphatic rings. The van der Waals surface area contributed by atoms with Gasteiger partial charge >= 0.3 is 0 Å². The number of fused-ring (bicyclic) bond motifs is 4. The third kappa shape index (κ3) is 3.15. The molecule has 0 spiro atoms. The van der Waals surface area contributed by atoms with E-state index < -0.39 is 24.2 Å². The van der Waals surface area contributed by atoms with Gasteiger partial charge in [0.1, 0.15) is 41.7 Å². The second-order valence-electron chi connectivity index (χ2n) is 7.96. The first-order chi connectivity index (χ1) is 14.3. The summed E-state index contributed by atoms with van der Waals surface area (Å²) < 4.78 is 17.0. The van der Waals surface area contributed by atoms with Gasteiger partial charge in [0.25, 0.3) is 0 Å². The average Bonchev–Trinajstić information content (AvgIpc) is 3.15. The summed E-state index contributed by atoms with van der Waals surface area (Å²) in [6.45, 7) is 3.20. The van der Waals surface area contributed by atoms with Crippen molar-refractivity contribution in [3.8, 4) is 11.5 Å². The molecular weight excluding hydrogens is 388 g/mol. The molecule has 158 valence electrons. The summed E-state index contributed by atoms with van der Waals surface area (Å²) in [6, 6.07) is 10.5. The predicted octanol–water partition coefficient (Wildman–Crippen LogP) is 2.40. The fraction of sp³-hybridized carbons (Fsp3) is 0.348. The highest BCUT2D eigenvalue weighted by Gasteiger charge is 2.41. The molecule has 2 atom stereocenters. The molecule has 2 aromatic carbocycles. The molecule has 0 bridgehead atoms. The molecule has 0 saturated heterocycles. The molecule has 0 amide bonds. The Hall–Kier alpha value is -2.87. The number of aliphatic hydroxyl groups excluding tert-OH is 3. The lowest BCUT2D eigenvalue weighted by atomic mass is 9.71. The van der Waals surface area contributed by atoms with Crippen LogP contribution in [0, 0.1) is 0 Å². The first kappa shape index (κ1) is 20.4. The zero-order chi connectivity index (χ0) is 21.6. The van der Waals surface area contributed by atoms with Crippen molar-refractivity contribution in [2.45, 2.75) is 31.5 Å². The van der Waals surface area contributed by atoms with Gasteiger partial charge in [-0.15, -0.1) is 0 Å². The maximum atomic E-state index is 13.3. The van der Waals surface area contributed by atoms with E-state index in [1.54, 1.807) is 37.4 Å². The molecule has 3 aromatic rings. The van der Waals surface area contributed by atoms with Crippen molar-refractivity contribution >= 4 is 16.8 Å². The van der Waals surface area contributed by atoms with Gasteiger partial charge in [0.05, 0.1) is 19.3 Å². The van der Waals surface area contributed by atoms with Crippen molar-refractivity contribution < 1.29 is 34.0 Å². The summed E-state index contributed by atoms with van der Waals surface area (Å²) in [5.74, 6) is 1.55. The van der Waals surface area contributed by atoms with Crippen molar-refractivity contribution in [3.63, 3.8) is 0 Å². The third-order valence-corrected chi connectivity index (χ3v) is 5.65. The fourth-order valence-electron chi connectivity index (χ4n) is 3.87. The molecule has 30 heavy (non-hydrogen) atoms. The lowest BCUT2D eigenvalue weighted by Crippen LogP contribution is -2.34. The number of carbonyl (C=O) groups is 1.